The number of Topliss-reactive ketones (excluding diaryl/α,β-unsaturated/α-hetero) is 1. The third-order valence-corrected chi connectivity index (χ3v) is 3.60. The number of nitrogens with one attached hydrogen (secondary N) is 1. The normalized spacial score (nSPS) is 10.2. The van der Waals surface area contributed by atoms with E-state index in [9.17, 15) is 9.59 Å². The van der Waals surface area contributed by atoms with Crippen molar-refractivity contribution in [2.75, 3.05) is 11.9 Å². The second kappa shape index (κ2) is 8.02. The molecule has 0 spiro atoms. The highest BCUT2D eigenvalue weighted by Gasteiger charge is 2.06. The zero-order chi connectivity index (χ0) is 18.4. The Bertz CT molecular complexity index is 892. The maximum Gasteiger partial charge on any atom is 0.262 e. The van der Waals surface area contributed by atoms with Crippen molar-refractivity contribution >= 4 is 17.4 Å². The summed E-state index contributed by atoms with van der Waals surface area (Å²) in [6.07, 6.45) is 3.10. The highest BCUT2D eigenvalue weighted by Crippen LogP contribution is 2.15. The first-order valence-electron chi connectivity index (χ1n) is 8.03. The molecule has 26 heavy (non-hydrogen) atoms. The molecule has 0 bridgehead atoms. The molecular formula is C20H17N3O3. The molecule has 6 nitrogen and oxygen atoms in total. The summed E-state index contributed by atoms with van der Waals surface area (Å²) in [6, 6.07) is 16.2. The molecule has 1 N–H and O–H groups in total. The molecule has 2 aromatic carbocycles. The number of rotatable bonds is 6. The second-order valence-corrected chi connectivity index (χ2v) is 5.58. The summed E-state index contributed by atoms with van der Waals surface area (Å²) < 4.78 is 5.40. The van der Waals surface area contributed by atoms with Crippen LogP contribution in [0.3, 0.4) is 0 Å². The van der Waals surface area contributed by atoms with Crippen LogP contribution >= 0.6 is 0 Å². The molecule has 0 aliphatic heterocycles. The van der Waals surface area contributed by atoms with Gasteiger partial charge in [0.1, 0.15) is 5.75 Å². The molecule has 1 heterocycles. The average molecular weight is 347 g/mol. The molecule has 1 aromatic heterocycles. The summed E-state index contributed by atoms with van der Waals surface area (Å²) >= 11 is 0. The quantitative estimate of drug-likeness (QED) is 0.692. The van der Waals surface area contributed by atoms with Crippen molar-refractivity contribution in [2.45, 2.75) is 6.92 Å². The first kappa shape index (κ1) is 17.3. The summed E-state index contributed by atoms with van der Waals surface area (Å²) in [7, 11) is 0. The van der Waals surface area contributed by atoms with Crippen LogP contribution in [-0.2, 0) is 4.79 Å². The molecule has 130 valence electrons. The molecular weight excluding hydrogens is 330 g/mol. The number of hydrogen-bond acceptors (Lipinski definition) is 5. The van der Waals surface area contributed by atoms with Crippen LogP contribution in [0.2, 0.25) is 0 Å². The molecule has 0 aliphatic carbocycles. The number of benzene rings is 2. The van der Waals surface area contributed by atoms with E-state index in [1.807, 2.05) is 30.3 Å². The Labute approximate surface area is 150 Å². The lowest BCUT2D eigenvalue weighted by Gasteiger charge is -2.08. The highest BCUT2D eigenvalue weighted by atomic mass is 16.5. The summed E-state index contributed by atoms with van der Waals surface area (Å²) in [5.74, 6) is 0.760. The fraction of sp³-hybridized carbons (Fsp3) is 0.100. The molecule has 0 radical (unpaired) electrons. The molecule has 0 atom stereocenters. The van der Waals surface area contributed by atoms with Gasteiger partial charge in [-0.15, -0.1) is 0 Å². The molecule has 0 unspecified atom stereocenters. The minimum absolute atomic E-state index is 0.0201. The maximum atomic E-state index is 12.0. The van der Waals surface area contributed by atoms with Gasteiger partial charge in [-0.2, -0.15) is 0 Å². The van der Waals surface area contributed by atoms with E-state index in [1.54, 1.807) is 36.7 Å². The van der Waals surface area contributed by atoms with Gasteiger partial charge in [-0.25, -0.2) is 9.97 Å². The molecule has 0 saturated carbocycles. The summed E-state index contributed by atoms with van der Waals surface area (Å²) in [6.45, 7) is 1.34. The van der Waals surface area contributed by atoms with E-state index in [0.717, 1.165) is 5.56 Å². The van der Waals surface area contributed by atoms with Gasteiger partial charge in [0.15, 0.2) is 18.2 Å². The maximum absolute atomic E-state index is 12.0. The number of nitrogens with zero attached hydrogens (tertiary/aromatic N) is 2. The van der Waals surface area contributed by atoms with Gasteiger partial charge in [0.05, 0.1) is 18.1 Å². The summed E-state index contributed by atoms with van der Waals surface area (Å²) in [5.41, 5.74) is 1.99. The van der Waals surface area contributed by atoms with E-state index in [1.165, 1.54) is 6.92 Å². The number of anilines is 1. The van der Waals surface area contributed by atoms with E-state index < -0.39 is 0 Å². The predicted octanol–water partition coefficient (Wildman–Crippen LogP) is 3.36. The van der Waals surface area contributed by atoms with Gasteiger partial charge in [0.25, 0.3) is 5.91 Å². The van der Waals surface area contributed by atoms with Crippen molar-refractivity contribution in [2.24, 2.45) is 0 Å². The first-order chi connectivity index (χ1) is 12.6. The number of ketones is 1. The first-order valence-corrected chi connectivity index (χ1v) is 8.03. The van der Waals surface area contributed by atoms with Gasteiger partial charge in [-0.1, -0.05) is 30.3 Å². The smallest absolute Gasteiger partial charge is 0.262 e. The van der Waals surface area contributed by atoms with Gasteiger partial charge in [0, 0.05) is 11.1 Å². The SMILES string of the molecule is CC(=O)c1ccc(OCC(=O)Nc2cnc(-c3ccccc3)nc2)cc1. The van der Waals surface area contributed by atoms with E-state index in [4.69, 9.17) is 4.74 Å². The van der Waals surface area contributed by atoms with Gasteiger partial charge in [0.2, 0.25) is 0 Å². The van der Waals surface area contributed by atoms with E-state index in [-0.39, 0.29) is 18.3 Å². The van der Waals surface area contributed by atoms with Crippen LogP contribution in [0.25, 0.3) is 11.4 Å². The van der Waals surface area contributed by atoms with Crippen molar-refractivity contribution in [1.29, 1.82) is 0 Å². The lowest BCUT2D eigenvalue weighted by Crippen LogP contribution is -2.20. The number of carbonyl (C=O) groups is 2. The van der Waals surface area contributed by atoms with Gasteiger partial charge in [-0.3, -0.25) is 9.59 Å². The summed E-state index contributed by atoms with van der Waals surface area (Å²) in [5, 5.41) is 2.68. The van der Waals surface area contributed by atoms with Gasteiger partial charge >= 0.3 is 0 Å². The van der Waals surface area contributed by atoms with E-state index in [2.05, 4.69) is 15.3 Å². The predicted molar refractivity (Wildman–Crippen MR) is 98.0 cm³/mol. The minimum atomic E-state index is -0.322. The number of ether oxygens (including phenoxy) is 1. The van der Waals surface area contributed by atoms with Crippen molar-refractivity contribution in [3.8, 4) is 17.1 Å². The van der Waals surface area contributed by atoms with Crippen LogP contribution in [0.1, 0.15) is 17.3 Å². The Kier molecular flexibility index (Phi) is 5.34. The number of amides is 1. The Morgan fingerprint density at radius 3 is 2.23 bits per heavy atom. The molecule has 1 amide bonds. The van der Waals surface area contributed by atoms with Crippen molar-refractivity contribution in [1.82, 2.24) is 9.97 Å². The molecule has 3 aromatic rings. The second-order valence-electron chi connectivity index (χ2n) is 5.58. The Balaban J connectivity index is 1.54. The lowest BCUT2D eigenvalue weighted by molar-refractivity contribution is -0.118. The molecule has 0 saturated heterocycles. The van der Waals surface area contributed by atoms with Crippen LogP contribution in [-0.4, -0.2) is 28.3 Å². The standard InChI is InChI=1S/C20H17N3O3/c1-14(24)15-7-9-18(10-8-15)26-13-19(25)23-17-11-21-20(22-12-17)16-5-3-2-4-6-16/h2-12H,13H2,1H3,(H,23,25). The molecule has 0 aliphatic rings. The van der Waals surface area contributed by atoms with Gasteiger partial charge in [-0.05, 0) is 31.2 Å². The number of carbonyl (C=O) groups excluding carboxylic acids is 2. The summed E-state index contributed by atoms with van der Waals surface area (Å²) in [4.78, 5) is 31.7. The zero-order valence-electron chi connectivity index (χ0n) is 14.2. The highest BCUT2D eigenvalue weighted by molar-refractivity contribution is 5.94. The molecule has 3 rings (SSSR count). The fourth-order valence-corrected chi connectivity index (χ4v) is 2.26. The van der Waals surface area contributed by atoms with Crippen LogP contribution in [0.5, 0.6) is 5.75 Å². The lowest BCUT2D eigenvalue weighted by atomic mass is 10.1. The van der Waals surface area contributed by atoms with Gasteiger partial charge < -0.3 is 10.1 Å². The van der Waals surface area contributed by atoms with Crippen LogP contribution in [0, 0.1) is 0 Å². The van der Waals surface area contributed by atoms with E-state index >= 15 is 0 Å². The number of hydrogen-bond donors (Lipinski definition) is 1. The average Bonchev–Trinajstić information content (AvgIpc) is 2.68. The van der Waals surface area contributed by atoms with Crippen molar-refractivity contribution in [3.05, 3.63) is 72.6 Å². The fourth-order valence-electron chi connectivity index (χ4n) is 2.26. The Morgan fingerprint density at radius 2 is 1.62 bits per heavy atom. The Morgan fingerprint density at radius 1 is 0.962 bits per heavy atom. The third kappa shape index (κ3) is 4.51. The monoisotopic (exact) mass is 347 g/mol. The largest absolute Gasteiger partial charge is 0.484 e. The van der Waals surface area contributed by atoms with Crippen LogP contribution in [0.15, 0.2) is 67.0 Å². The topological polar surface area (TPSA) is 81.2 Å². The number of aromatic nitrogens is 2. The van der Waals surface area contributed by atoms with E-state index in [0.29, 0.717) is 22.8 Å². The van der Waals surface area contributed by atoms with Crippen molar-refractivity contribution in [3.63, 3.8) is 0 Å². The third-order valence-electron chi connectivity index (χ3n) is 3.60. The Hall–Kier alpha value is -3.54. The van der Waals surface area contributed by atoms with Crippen LogP contribution in [0.4, 0.5) is 5.69 Å². The molecule has 6 heteroatoms. The minimum Gasteiger partial charge on any atom is -0.484 e. The van der Waals surface area contributed by atoms with Crippen LogP contribution < -0.4 is 10.1 Å². The zero-order valence-corrected chi connectivity index (χ0v) is 14.2. The molecule has 0 fully saturated rings. The van der Waals surface area contributed by atoms with Crippen molar-refractivity contribution < 1.29 is 14.3 Å².